The van der Waals surface area contributed by atoms with Crippen molar-refractivity contribution in [2.75, 3.05) is 7.05 Å². The van der Waals surface area contributed by atoms with Gasteiger partial charge < -0.3 is 10.6 Å². The van der Waals surface area contributed by atoms with Gasteiger partial charge in [-0.1, -0.05) is 63.3 Å². The van der Waals surface area contributed by atoms with E-state index < -0.39 is 5.92 Å². The summed E-state index contributed by atoms with van der Waals surface area (Å²) in [6, 6.07) is 9.55. The molecule has 0 aromatic heterocycles. The van der Waals surface area contributed by atoms with Gasteiger partial charge in [0.1, 0.15) is 5.92 Å². The van der Waals surface area contributed by atoms with E-state index in [0.717, 1.165) is 5.56 Å². The maximum Gasteiger partial charge on any atom is 0.236 e. The molecule has 0 saturated carbocycles. The van der Waals surface area contributed by atoms with E-state index in [-0.39, 0.29) is 22.4 Å². The van der Waals surface area contributed by atoms with Crippen LogP contribution < -0.4 is 5.73 Å². The highest BCUT2D eigenvalue weighted by Crippen LogP contribution is 2.26. The minimum atomic E-state index is -0.555. The number of nitrogens with zero attached hydrogens (tertiary/aromatic N) is 1. The average Bonchev–Trinajstić information content (AvgIpc) is 2.36. The molecule has 0 radical (unpaired) electrons. The van der Waals surface area contributed by atoms with Gasteiger partial charge >= 0.3 is 0 Å². The number of rotatable bonds is 4. The second-order valence-corrected chi connectivity index (χ2v) is 6.71. The maximum absolute atomic E-state index is 12.7. The zero-order chi connectivity index (χ0) is 15.5. The minimum Gasteiger partial charge on any atom is -0.392 e. The summed E-state index contributed by atoms with van der Waals surface area (Å²) in [5, 5.41) is 0. The molecule has 1 aromatic carbocycles. The van der Waals surface area contributed by atoms with Gasteiger partial charge in [-0.2, -0.15) is 0 Å². The van der Waals surface area contributed by atoms with Crippen LogP contribution in [0.25, 0.3) is 0 Å². The lowest BCUT2D eigenvalue weighted by atomic mass is 9.86. The number of benzene rings is 1. The van der Waals surface area contributed by atoms with Crippen LogP contribution in [0.5, 0.6) is 0 Å². The lowest BCUT2D eigenvalue weighted by Gasteiger charge is -2.37. The number of carbonyl (C=O) groups is 1. The van der Waals surface area contributed by atoms with Crippen molar-refractivity contribution < 1.29 is 4.79 Å². The van der Waals surface area contributed by atoms with E-state index in [0.29, 0.717) is 0 Å². The molecule has 0 heterocycles. The predicted octanol–water partition coefficient (Wildman–Crippen LogP) is 2.95. The number of hydrogen-bond acceptors (Lipinski definition) is 2. The maximum atomic E-state index is 12.7. The third kappa shape index (κ3) is 3.79. The molecular formula is C16H24N2OS. The van der Waals surface area contributed by atoms with Crippen molar-refractivity contribution >= 4 is 23.1 Å². The van der Waals surface area contributed by atoms with E-state index >= 15 is 0 Å². The number of hydrogen-bond donors (Lipinski definition) is 1. The lowest BCUT2D eigenvalue weighted by molar-refractivity contribution is -0.133. The average molecular weight is 292 g/mol. The molecule has 0 saturated heterocycles. The molecule has 1 rings (SSSR count). The Kier molecular flexibility index (Phi) is 5.28. The molecule has 0 fully saturated rings. The fourth-order valence-electron chi connectivity index (χ4n) is 2.05. The molecule has 1 aromatic rings. The van der Waals surface area contributed by atoms with Crippen LogP contribution in [0.1, 0.15) is 39.2 Å². The van der Waals surface area contributed by atoms with Crippen LogP contribution in [0, 0.1) is 5.41 Å². The monoisotopic (exact) mass is 292 g/mol. The largest absolute Gasteiger partial charge is 0.392 e. The molecule has 2 unspecified atom stereocenters. The van der Waals surface area contributed by atoms with Crippen LogP contribution in [0.4, 0.5) is 0 Å². The number of nitrogens with two attached hydrogens (primary N) is 1. The number of thiocarbonyl (C=S) groups is 1. The summed E-state index contributed by atoms with van der Waals surface area (Å²) in [6.45, 7) is 8.37. The fraction of sp³-hybridized carbons (Fsp3) is 0.500. The Hall–Kier alpha value is -1.42. The smallest absolute Gasteiger partial charge is 0.236 e. The zero-order valence-electron chi connectivity index (χ0n) is 12.9. The molecule has 1 amide bonds. The zero-order valence-corrected chi connectivity index (χ0v) is 13.7. The first-order chi connectivity index (χ1) is 9.16. The molecule has 0 spiro atoms. The van der Waals surface area contributed by atoms with Gasteiger partial charge in [0.25, 0.3) is 0 Å². The van der Waals surface area contributed by atoms with Crippen molar-refractivity contribution in [3.63, 3.8) is 0 Å². The quantitative estimate of drug-likeness (QED) is 0.868. The number of carbonyl (C=O) groups excluding carboxylic acids is 1. The van der Waals surface area contributed by atoms with Crippen LogP contribution in [0.15, 0.2) is 30.3 Å². The highest BCUT2D eigenvalue weighted by molar-refractivity contribution is 7.80. The van der Waals surface area contributed by atoms with Gasteiger partial charge in [-0.05, 0) is 17.9 Å². The van der Waals surface area contributed by atoms with Crippen LogP contribution >= 0.6 is 12.2 Å². The summed E-state index contributed by atoms with van der Waals surface area (Å²) in [4.78, 5) is 14.7. The summed E-state index contributed by atoms with van der Waals surface area (Å²) in [6.07, 6.45) is 0. The van der Waals surface area contributed by atoms with Gasteiger partial charge in [-0.3, -0.25) is 4.79 Å². The molecule has 0 aliphatic carbocycles. The first-order valence-corrected chi connectivity index (χ1v) is 7.18. The van der Waals surface area contributed by atoms with Crippen LogP contribution in [-0.2, 0) is 4.79 Å². The van der Waals surface area contributed by atoms with Gasteiger partial charge in [0, 0.05) is 13.1 Å². The number of likely N-dealkylation sites (N-methyl/N-ethyl adjacent to an activating group) is 1. The van der Waals surface area contributed by atoms with Crippen molar-refractivity contribution in [1.82, 2.24) is 4.90 Å². The van der Waals surface area contributed by atoms with Gasteiger partial charge in [0.15, 0.2) is 0 Å². The van der Waals surface area contributed by atoms with E-state index in [9.17, 15) is 4.79 Å². The fourth-order valence-corrected chi connectivity index (χ4v) is 2.29. The van der Waals surface area contributed by atoms with Gasteiger partial charge in [0.05, 0.1) is 4.99 Å². The predicted molar refractivity (Wildman–Crippen MR) is 87.7 cm³/mol. The third-order valence-electron chi connectivity index (χ3n) is 3.85. The second-order valence-electron chi connectivity index (χ2n) is 6.24. The highest BCUT2D eigenvalue weighted by atomic mass is 32.1. The topological polar surface area (TPSA) is 46.3 Å². The summed E-state index contributed by atoms with van der Waals surface area (Å²) in [5.41, 5.74) is 6.65. The molecule has 0 aliphatic rings. The van der Waals surface area contributed by atoms with Crippen LogP contribution in [0.2, 0.25) is 0 Å². The normalized spacial score (nSPS) is 14.4. The van der Waals surface area contributed by atoms with E-state index in [1.807, 2.05) is 44.3 Å². The van der Waals surface area contributed by atoms with Gasteiger partial charge in [0.2, 0.25) is 5.91 Å². The van der Waals surface area contributed by atoms with E-state index in [2.05, 4.69) is 20.8 Å². The Labute approximate surface area is 127 Å². The lowest BCUT2D eigenvalue weighted by Crippen LogP contribution is -2.47. The Bertz CT molecular complexity index is 479. The second kappa shape index (κ2) is 6.35. The van der Waals surface area contributed by atoms with Gasteiger partial charge in [-0.25, -0.2) is 0 Å². The standard InChI is InChI=1S/C16H24N2OS/c1-11(16(2,3)4)18(5)15(19)13(14(17)20)12-9-7-6-8-10-12/h6-11,13H,1-5H3,(H2,17,20). The van der Waals surface area contributed by atoms with E-state index in [1.54, 1.807) is 4.90 Å². The molecule has 0 aliphatic heterocycles. The van der Waals surface area contributed by atoms with Crippen molar-refractivity contribution in [2.24, 2.45) is 11.1 Å². The Morgan fingerprint density at radius 3 is 2.15 bits per heavy atom. The summed E-state index contributed by atoms with van der Waals surface area (Å²) in [5.74, 6) is -0.605. The molecule has 2 atom stereocenters. The Balaban J connectivity index is 3.05. The molecule has 110 valence electrons. The Morgan fingerprint density at radius 2 is 1.75 bits per heavy atom. The van der Waals surface area contributed by atoms with Crippen molar-refractivity contribution in [1.29, 1.82) is 0 Å². The summed E-state index contributed by atoms with van der Waals surface area (Å²) < 4.78 is 0. The minimum absolute atomic E-state index is 0.00185. The molecule has 4 heteroatoms. The van der Waals surface area contributed by atoms with Crippen molar-refractivity contribution in [3.05, 3.63) is 35.9 Å². The third-order valence-corrected chi connectivity index (χ3v) is 4.08. The molecule has 20 heavy (non-hydrogen) atoms. The highest BCUT2D eigenvalue weighted by Gasteiger charge is 2.32. The summed E-state index contributed by atoms with van der Waals surface area (Å²) >= 11 is 5.10. The van der Waals surface area contributed by atoms with Crippen molar-refractivity contribution in [3.8, 4) is 0 Å². The first kappa shape index (κ1) is 16.6. The van der Waals surface area contributed by atoms with Crippen LogP contribution in [-0.4, -0.2) is 28.9 Å². The SMILES string of the molecule is CC(N(C)C(=O)C(C(N)=S)c1ccccc1)C(C)(C)C. The molecule has 2 N–H and O–H groups in total. The van der Waals surface area contributed by atoms with Crippen LogP contribution in [0.3, 0.4) is 0 Å². The number of amides is 1. The first-order valence-electron chi connectivity index (χ1n) is 6.77. The molecular weight excluding hydrogens is 268 g/mol. The Morgan fingerprint density at radius 1 is 1.25 bits per heavy atom. The molecule has 0 bridgehead atoms. The molecule has 3 nitrogen and oxygen atoms in total. The summed E-state index contributed by atoms with van der Waals surface area (Å²) in [7, 11) is 1.81. The van der Waals surface area contributed by atoms with Gasteiger partial charge in [-0.15, -0.1) is 0 Å². The van der Waals surface area contributed by atoms with Crippen molar-refractivity contribution in [2.45, 2.75) is 39.7 Å². The van der Waals surface area contributed by atoms with E-state index in [1.165, 1.54) is 0 Å². The van der Waals surface area contributed by atoms with E-state index in [4.69, 9.17) is 18.0 Å².